The van der Waals surface area contributed by atoms with Crippen LogP contribution in [-0.4, -0.2) is 56.0 Å². The summed E-state index contributed by atoms with van der Waals surface area (Å²) >= 11 is 0. The average molecular weight is 602 g/mol. The molecule has 2 atom stereocenters. The lowest BCUT2D eigenvalue weighted by Gasteiger charge is -2.25. The van der Waals surface area contributed by atoms with Crippen molar-refractivity contribution in [3.05, 3.63) is 101 Å². The summed E-state index contributed by atoms with van der Waals surface area (Å²) in [5.74, 6) is -1.71. The monoisotopic (exact) mass is 601 g/mol. The lowest BCUT2D eigenvalue weighted by molar-refractivity contribution is 0.0829. The zero-order chi connectivity index (χ0) is 30.9. The third-order valence-electron chi connectivity index (χ3n) is 7.09. The number of aryl methyl sites for hydroxylation is 1. The maximum atomic E-state index is 13.9. The van der Waals surface area contributed by atoms with Crippen molar-refractivity contribution >= 4 is 15.9 Å². The van der Waals surface area contributed by atoms with E-state index in [4.69, 9.17) is 0 Å². The number of carbonyl (C=O) groups excluding carboxylic acids is 1. The van der Waals surface area contributed by atoms with Crippen molar-refractivity contribution in [2.75, 3.05) is 20.1 Å². The van der Waals surface area contributed by atoms with Crippen molar-refractivity contribution in [3.63, 3.8) is 0 Å². The number of nitrogens with one attached hydrogen (secondary N) is 2. The van der Waals surface area contributed by atoms with Gasteiger partial charge in [0.15, 0.2) is 0 Å². The van der Waals surface area contributed by atoms with Gasteiger partial charge in [0.1, 0.15) is 11.6 Å². The minimum absolute atomic E-state index is 0.0261. The summed E-state index contributed by atoms with van der Waals surface area (Å²) in [5.41, 5.74) is 2.69. The van der Waals surface area contributed by atoms with Crippen LogP contribution in [0.5, 0.6) is 0 Å². The molecular weight excluding hydrogens is 560 g/mol. The molecule has 0 bridgehead atoms. The molecule has 228 valence electrons. The van der Waals surface area contributed by atoms with Crippen LogP contribution in [0.3, 0.4) is 0 Å². The minimum atomic E-state index is -3.72. The van der Waals surface area contributed by atoms with Gasteiger partial charge in [0.05, 0.1) is 17.0 Å². The van der Waals surface area contributed by atoms with E-state index in [1.165, 1.54) is 41.2 Å². The van der Waals surface area contributed by atoms with Crippen molar-refractivity contribution in [1.82, 2.24) is 14.9 Å². The quantitative estimate of drug-likeness (QED) is 0.235. The molecule has 0 saturated carbocycles. The van der Waals surface area contributed by atoms with Crippen molar-refractivity contribution in [3.8, 4) is 0 Å². The maximum Gasteiger partial charge on any atom is 0.251 e. The van der Waals surface area contributed by atoms with Gasteiger partial charge < -0.3 is 15.7 Å². The predicted octanol–water partition coefficient (Wildman–Crippen LogP) is 4.69. The molecule has 1 amide bonds. The van der Waals surface area contributed by atoms with Crippen LogP contribution in [0, 0.1) is 17.6 Å². The highest BCUT2D eigenvalue weighted by Gasteiger charge is 2.25. The fraction of sp³-hybridized carbons (Fsp3) is 0.406. The molecule has 10 heteroatoms. The number of hydrogen-bond donors (Lipinski definition) is 3. The normalized spacial score (nSPS) is 13.4. The minimum Gasteiger partial charge on any atom is -0.390 e. The van der Waals surface area contributed by atoms with E-state index in [2.05, 4.69) is 23.6 Å². The summed E-state index contributed by atoms with van der Waals surface area (Å²) in [6.07, 6.45) is 0.497. The molecule has 0 aromatic heterocycles. The van der Waals surface area contributed by atoms with Gasteiger partial charge in [-0.25, -0.2) is 21.5 Å². The predicted molar refractivity (Wildman–Crippen MR) is 161 cm³/mol. The smallest absolute Gasteiger partial charge is 0.251 e. The molecule has 0 fully saturated rings. The Labute approximate surface area is 248 Å². The van der Waals surface area contributed by atoms with Gasteiger partial charge >= 0.3 is 0 Å². The first-order valence-corrected chi connectivity index (χ1v) is 15.6. The first kappa shape index (κ1) is 33.3. The Morgan fingerprint density at radius 2 is 1.60 bits per heavy atom. The number of sulfonamides is 1. The average Bonchev–Trinajstić information content (AvgIpc) is 2.95. The number of hydrogen-bond acceptors (Lipinski definition) is 5. The molecule has 3 N–H and O–H groups in total. The summed E-state index contributed by atoms with van der Waals surface area (Å²) in [4.78, 5) is 13.2. The van der Waals surface area contributed by atoms with E-state index in [-0.39, 0.29) is 29.0 Å². The Balaban J connectivity index is 1.73. The Morgan fingerprint density at radius 1 is 0.952 bits per heavy atom. The Hall–Kier alpha value is -3.18. The summed E-state index contributed by atoms with van der Waals surface area (Å²) < 4.78 is 54.9. The topological polar surface area (TPSA) is 98.7 Å². The van der Waals surface area contributed by atoms with Crippen LogP contribution in [0.1, 0.15) is 54.2 Å². The summed E-state index contributed by atoms with van der Waals surface area (Å²) in [5, 5.41) is 17.0. The van der Waals surface area contributed by atoms with Crippen LogP contribution < -0.4 is 10.6 Å². The highest BCUT2D eigenvalue weighted by molar-refractivity contribution is 7.89. The van der Waals surface area contributed by atoms with E-state index in [0.717, 1.165) is 36.6 Å². The largest absolute Gasteiger partial charge is 0.390 e. The summed E-state index contributed by atoms with van der Waals surface area (Å²) in [6, 6.07) is 15.8. The number of rotatable bonds is 15. The van der Waals surface area contributed by atoms with Crippen molar-refractivity contribution in [2.45, 2.75) is 63.6 Å². The first-order valence-electron chi connectivity index (χ1n) is 14.2. The maximum absolute atomic E-state index is 13.9. The molecule has 7 nitrogen and oxygen atoms in total. The van der Waals surface area contributed by atoms with Gasteiger partial charge in [-0.1, -0.05) is 45.0 Å². The second-order valence-corrected chi connectivity index (χ2v) is 13.0. The second-order valence-electron chi connectivity index (χ2n) is 11.0. The summed E-state index contributed by atoms with van der Waals surface area (Å²) in [7, 11) is -2.20. The molecule has 0 unspecified atom stereocenters. The molecule has 0 radical (unpaired) electrons. The van der Waals surface area contributed by atoms with Crippen molar-refractivity contribution < 1.29 is 27.1 Å². The molecule has 0 spiro atoms. The van der Waals surface area contributed by atoms with E-state index in [0.29, 0.717) is 19.0 Å². The van der Waals surface area contributed by atoms with Crippen LogP contribution >= 0.6 is 0 Å². The van der Waals surface area contributed by atoms with Crippen molar-refractivity contribution in [1.29, 1.82) is 0 Å². The Kier molecular flexibility index (Phi) is 12.2. The number of benzene rings is 3. The molecule has 3 aromatic rings. The molecule has 0 aliphatic heterocycles. The number of halogens is 2. The van der Waals surface area contributed by atoms with Crippen LogP contribution in [0.15, 0.2) is 71.6 Å². The molecule has 0 aliphatic rings. The highest BCUT2D eigenvalue weighted by Crippen LogP contribution is 2.18. The van der Waals surface area contributed by atoms with Gasteiger partial charge in [0.2, 0.25) is 10.0 Å². The van der Waals surface area contributed by atoms with Crippen molar-refractivity contribution in [2.24, 2.45) is 5.92 Å². The Bertz CT molecular complexity index is 1410. The van der Waals surface area contributed by atoms with E-state index in [1.54, 1.807) is 0 Å². The fourth-order valence-electron chi connectivity index (χ4n) is 4.50. The zero-order valence-corrected chi connectivity index (χ0v) is 25.4. The van der Waals surface area contributed by atoms with Gasteiger partial charge in [-0.15, -0.1) is 0 Å². The lowest BCUT2D eigenvalue weighted by Crippen LogP contribution is -2.48. The third kappa shape index (κ3) is 9.69. The second kappa shape index (κ2) is 15.3. The van der Waals surface area contributed by atoms with Gasteiger partial charge in [-0.3, -0.25) is 4.79 Å². The van der Waals surface area contributed by atoms with Crippen LogP contribution in [-0.2, 0) is 29.4 Å². The van der Waals surface area contributed by atoms with E-state index in [9.17, 15) is 27.1 Å². The van der Waals surface area contributed by atoms with E-state index >= 15 is 0 Å². The highest BCUT2D eigenvalue weighted by atomic mass is 32.2. The molecule has 0 aliphatic carbocycles. The number of amides is 1. The number of carbonyl (C=O) groups is 1. The summed E-state index contributed by atoms with van der Waals surface area (Å²) in [6.45, 7) is 7.08. The van der Waals surface area contributed by atoms with Gasteiger partial charge in [-0.2, -0.15) is 0 Å². The third-order valence-corrected chi connectivity index (χ3v) is 8.96. The first-order chi connectivity index (χ1) is 19.9. The van der Waals surface area contributed by atoms with Gasteiger partial charge in [0, 0.05) is 38.3 Å². The molecular formula is C32H41F2N3O4S. The van der Waals surface area contributed by atoms with E-state index < -0.39 is 39.7 Å². The van der Waals surface area contributed by atoms with Crippen LogP contribution in [0.2, 0.25) is 0 Å². The molecule has 0 saturated heterocycles. The molecule has 42 heavy (non-hydrogen) atoms. The molecule has 3 rings (SSSR count). The number of aliphatic hydroxyl groups is 1. The SMILES string of the molecule is CCc1cccc(CNC[C@H](O)[C@H](Cc2cc(F)cc(F)c2)NC(=O)c2ccc(S(=O)(=O)N(C)CCC(C)C)cc2)c1. The fourth-order valence-corrected chi connectivity index (χ4v) is 5.69. The molecule has 3 aromatic carbocycles. The lowest BCUT2D eigenvalue weighted by atomic mass is 10.00. The van der Waals surface area contributed by atoms with E-state index in [1.807, 2.05) is 32.0 Å². The zero-order valence-electron chi connectivity index (χ0n) is 24.6. The molecule has 0 heterocycles. The van der Waals surface area contributed by atoms with Gasteiger partial charge in [0.25, 0.3) is 5.91 Å². The Morgan fingerprint density at radius 3 is 2.21 bits per heavy atom. The number of nitrogens with zero attached hydrogens (tertiary/aromatic N) is 1. The van der Waals surface area contributed by atoms with Crippen LogP contribution in [0.4, 0.5) is 8.78 Å². The van der Waals surface area contributed by atoms with Gasteiger partial charge in [-0.05, 0) is 78.3 Å². The van der Waals surface area contributed by atoms with Crippen LogP contribution in [0.25, 0.3) is 0 Å². The standard InChI is InChI=1S/C32H41F2N3O4S/c1-5-23-7-6-8-24(15-23)20-35-21-31(38)30(18-25-16-27(33)19-28(34)17-25)36-32(39)26-9-11-29(12-10-26)42(40,41)37(4)14-13-22(2)3/h6-12,15-17,19,22,30-31,35,38H,5,13-14,18,20-21H2,1-4H3,(H,36,39)/t30-,31-/m0/s1. The number of aliphatic hydroxyl groups excluding tert-OH is 1.